The molecule has 2 rings (SSSR count). The summed E-state index contributed by atoms with van der Waals surface area (Å²) < 4.78 is 5.47. The molecule has 1 amide bonds. The number of piperazine rings is 1. The molecule has 1 aromatic rings. The molecule has 1 fully saturated rings. The number of hydrogen-bond donors (Lipinski definition) is 1. The summed E-state index contributed by atoms with van der Waals surface area (Å²) in [6.07, 6.45) is 0. The molecule has 1 unspecified atom stereocenters. The van der Waals surface area contributed by atoms with Crippen molar-refractivity contribution in [3.8, 4) is 5.75 Å². The molecule has 2 heterocycles. The molecule has 21 heavy (non-hydrogen) atoms. The first kappa shape index (κ1) is 15.9. The first-order valence-electron chi connectivity index (χ1n) is 6.99. The highest BCUT2D eigenvalue weighted by molar-refractivity contribution is 7.19. The molecular weight excluding hydrogens is 288 g/mol. The van der Waals surface area contributed by atoms with Gasteiger partial charge in [-0.05, 0) is 14.0 Å². The third-order valence-electron chi connectivity index (χ3n) is 3.78. The van der Waals surface area contributed by atoms with E-state index in [1.165, 1.54) is 11.3 Å². The lowest BCUT2D eigenvalue weighted by Crippen LogP contribution is -2.50. The molecule has 1 saturated heterocycles. The van der Waals surface area contributed by atoms with Gasteiger partial charge in [-0.3, -0.25) is 4.79 Å². The van der Waals surface area contributed by atoms with Crippen molar-refractivity contribution in [1.82, 2.24) is 9.80 Å². The van der Waals surface area contributed by atoms with Gasteiger partial charge in [-0.1, -0.05) is 0 Å². The van der Waals surface area contributed by atoms with E-state index in [2.05, 4.69) is 23.8 Å². The van der Waals surface area contributed by atoms with E-state index in [1.54, 1.807) is 26.1 Å². The molecule has 6 nitrogen and oxygen atoms in total. The molecule has 7 heteroatoms. The van der Waals surface area contributed by atoms with E-state index in [0.717, 1.165) is 24.6 Å². The number of hydrogen-bond acceptors (Lipinski definition) is 6. The van der Waals surface area contributed by atoms with Crippen LogP contribution in [0.25, 0.3) is 0 Å². The zero-order chi connectivity index (χ0) is 15.7. The van der Waals surface area contributed by atoms with E-state index in [-0.39, 0.29) is 5.91 Å². The van der Waals surface area contributed by atoms with Crippen molar-refractivity contribution in [2.45, 2.75) is 13.0 Å². The Hall–Kier alpha value is -1.47. The van der Waals surface area contributed by atoms with Crippen LogP contribution in [0.5, 0.6) is 5.75 Å². The number of carbonyl (C=O) groups is 1. The number of amides is 1. The van der Waals surface area contributed by atoms with Crippen LogP contribution in [0.1, 0.15) is 16.6 Å². The SMILES string of the molecule is COc1c(N2CCN(C)CC2C)sc(C(=O)N(C)C)c1N. The van der Waals surface area contributed by atoms with Crippen LogP contribution in [0.15, 0.2) is 0 Å². The second-order valence-electron chi connectivity index (χ2n) is 5.69. The average molecular weight is 312 g/mol. The minimum atomic E-state index is -0.0798. The van der Waals surface area contributed by atoms with E-state index < -0.39 is 0 Å². The van der Waals surface area contributed by atoms with Gasteiger partial charge < -0.3 is 25.2 Å². The highest BCUT2D eigenvalue weighted by atomic mass is 32.1. The molecule has 118 valence electrons. The van der Waals surface area contributed by atoms with Gasteiger partial charge in [0.25, 0.3) is 5.91 Å². The first-order valence-corrected chi connectivity index (χ1v) is 7.81. The summed E-state index contributed by atoms with van der Waals surface area (Å²) in [6, 6.07) is 0.359. The Balaban J connectivity index is 2.40. The first-order chi connectivity index (χ1) is 9.86. The minimum absolute atomic E-state index is 0.0798. The van der Waals surface area contributed by atoms with Gasteiger partial charge in [-0.15, -0.1) is 11.3 Å². The topological polar surface area (TPSA) is 62.0 Å². The number of anilines is 2. The van der Waals surface area contributed by atoms with Gasteiger partial charge in [0.2, 0.25) is 0 Å². The Labute approximate surface area is 130 Å². The predicted molar refractivity (Wildman–Crippen MR) is 87.6 cm³/mol. The van der Waals surface area contributed by atoms with Crippen LogP contribution < -0.4 is 15.4 Å². The lowest BCUT2D eigenvalue weighted by atomic mass is 10.2. The van der Waals surface area contributed by atoms with E-state index in [1.807, 2.05) is 0 Å². The molecule has 0 radical (unpaired) electrons. The molecule has 1 aliphatic rings. The molecule has 0 aromatic carbocycles. The van der Waals surface area contributed by atoms with Crippen LogP contribution in [-0.4, -0.2) is 69.6 Å². The van der Waals surface area contributed by atoms with Crippen molar-refractivity contribution < 1.29 is 9.53 Å². The quantitative estimate of drug-likeness (QED) is 0.908. The maximum atomic E-state index is 12.2. The third kappa shape index (κ3) is 2.94. The maximum Gasteiger partial charge on any atom is 0.265 e. The number of nitrogen functional groups attached to an aromatic ring is 1. The number of ether oxygens (including phenoxy) is 1. The standard InChI is InChI=1S/C14H24N4O2S/c1-9-8-17(4)6-7-18(9)14-11(20-5)10(15)12(21-14)13(19)16(2)3/h9H,6-8,15H2,1-5H3. The highest BCUT2D eigenvalue weighted by Crippen LogP contribution is 2.46. The van der Waals surface area contributed by atoms with E-state index in [0.29, 0.717) is 22.4 Å². The fraction of sp³-hybridized carbons (Fsp3) is 0.643. The number of thiophene rings is 1. The van der Waals surface area contributed by atoms with Crippen LogP contribution in [0.3, 0.4) is 0 Å². The monoisotopic (exact) mass is 312 g/mol. The van der Waals surface area contributed by atoms with Gasteiger partial charge in [0.05, 0.1) is 7.11 Å². The van der Waals surface area contributed by atoms with Gasteiger partial charge in [-0.25, -0.2) is 0 Å². The molecule has 0 bridgehead atoms. The second kappa shape index (κ2) is 6.11. The Kier molecular flexibility index (Phi) is 4.63. The van der Waals surface area contributed by atoms with Gasteiger partial charge in [0.15, 0.2) is 5.75 Å². The fourth-order valence-electron chi connectivity index (χ4n) is 2.61. The largest absolute Gasteiger partial charge is 0.492 e. The second-order valence-corrected chi connectivity index (χ2v) is 6.69. The number of carbonyl (C=O) groups excluding carboxylic acids is 1. The van der Waals surface area contributed by atoms with E-state index in [9.17, 15) is 4.79 Å². The lowest BCUT2D eigenvalue weighted by molar-refractivity contribution is 0.0833. The Morgan fingerprint density at radius 1 is 1.43 bits per heavy atom. The number of likely N-dealkylation sites (N-methyl/N-ethyl adjacent to an activating group) is 1. The Morgan fingerprint density at radius 3 is 2.62 bits per heavy atom. The van der Waals surface area contributed by atoms with Crippen molar-refractivity contribution in [3.63, 3.8) is 0 Å². The summed E-state index contributed by atoms with van der Waals surface area (Å²) in [6.45, 7) is 5.06. The Bertz CT molecular complexity index is 529. The summed E-state index contributed by atoms with van der Waals surface area (Å²) in [7, 11) is 7.18. The molecule has 0 saturated carbocycles. The van der Waals surface area contributed by atoms with Crippen LogP contribution in [0.2, 0.25) is 0 Å². The lowest BCUT2D eigenvalue weighted by Gasteiger charge is -2.39. The zero-order valence-corrected chi connectivity index (χ0v) is 14.2. The van der Waals surface area contributed by atoms with E-state index >= 15 is 0 Å². The van der Waals surface area contributed by atoms with Crippen LogP contribution in [0.4, 0.5) is 10.7 Å². The number of nitrogens with two attached hydrogens (primary N) is 1. The summed E-state index contributed by atoms with van der Waals surface area (Å²) in [4.78, 5) is 18.9. The smallest absolute Gasteiger partial charge is 0.265 e. The van der Waals surface area contributed by atoms with Crippen molar-refractivity contribution in [3.05, 3.63) is 4.88 Å². The van der Waals surface area contributed by atoms with Crippen LogP contribution in [-0.2, 0) is 0 Å². The molecule has 0 spiro atoms. The summed E-state index contributed by atoms with van der Waals surface area (Å²) in [5.74, 6) is 0.547. The average Bonchev–Trinajstić information content (AvgIpc) is 2.74. The maximum absolute atomic E-state index is 12.2. The predicted octanol–water partition coefficient (Wildman–Crippen LogP) is 1.18. The highest BCUT2D eigenvalue weighted by Gasteiger charge is 2.30. The van der Waals surface area contributed by atoms with Gasteiger partial charge in [-0.2, -0.15) is 0 Å². The van der Waals surface area contributed by atoms with Crippen molar-refractivity contribution in [1.29, 1.82) is 0 Å². The zero-order valence-electron chi connectivity index (χ0n) is 13.3. The van der Waals surface area contributed by atoms with Gasteiger partial charge in [0.1, 0.15) is 15.6 Å². The van der Waals surface area contributed by atoms with Crippen molar-refractivity contribution in [2.24, 2.45) is 0 Å². The number of nitrogens with zero attached hydrogens (tertiary/aromatic N) is 3. The molecule has 1 aromatic heterocycles. The molecular formula is C14H24N4O2S. The van der Waals surface area contributed by atoms with Crippen LogP contribution in [0, 0.1) is 0 Å². The summed E-state index contributed by atoms with van der Waals surface area (Å²) in [5.41, 5.74) is 6.58. The summed E-state index contributed by atoms with van der Waals surface area (Å²) in [5, 5.41) is 0.959. The van der Waals surface area contributed by atoms with Crippen molar-refractivity contribution >= 4 is 27.9 Å². The Morgan fingerprint density at radius 2 is 2.10 bits per heavy atom. The number of rotatable bonds is 3. The van der Waals surface area contributed by atoms with Crippen LogP contribution >= 0.6 is 11.3 Å². The van der Waals surface area contributed by atoms with E-state index in [4.69, 9.17) is 10.5 Å². The molecule has 0 aliphatic carbocycles. The third-order valence-corrected chi connectivity index (χ3v) is 4.99. The van der Waals surface area contributed by atoms with Gasteiger partial charge in [0, 0.05) is 39.8 Å². The molecule has 1 aliphatic heterocycles. The summed E-state index contributed by atoms with van der Waals surface area (Å²) >= 11 is 1.42. The normalized spacial score (nSPS) is 19.7. The molecule has 2 N–H and O–H groups in total. The van der Waals surface area contributed by atoms with Gasteiger partial charge >= 0.3 is 0 Å². The van der Waals surface area contributed by atoms with Crippen molar-refractivity contribution in [2.75, 3.05) is 58.5 Å². The fourth-order valence-corrected chi connectivity index (χ4v) is 3.95. The molecule has 1 atom stereocenters. The minimum Gasteiger partial charge on any atom is -0.492 e. The number of methoxy groups -OCH3 is 1.